The van der Waals surface area contributed by atoms with Crippen molar-refractivity contribution in [1.82, 2.24) is 5.32 Å². The normalized spacial score (nSPS) is 12.5. The van der Waals surface area contributed by atoms with E-state index >= 15 is 0 Å². The molecular weight excluding hydrogens is 278 g/mol. The minimum Gasteiger partial charge on any atom is -0.307 e. The molecule has 0 saturated heterocycles. The summed E-state index contributed by atoms with van der Waals surface area (Å²) in [4.78, 5) is 0. The lowest BCUT2D eigenvalue weighted by Gasteiger charge is -2.23. The fourth-order valence-corrected chi connectivity index (χ4v) is 3.13. The van der Waals surface area contributed by atoms with Gasteiger partial charge in [-0.2, -0.15) is 0 Å². The van der Waals surface area contributed by atoms with Crippen molar-refractivity contribution in [3.63, 3.8) is 0 Å². The van der Waals surface area contributed by atoms with Gasteiger partial charge in [0.15, 0.2) is 0 Å². The zero-order valence-corrected chi connectivity index (χ0v) is 14.3. The Balaban J connectivity index is 2.55. The fourth-order valence-electron chi connectivity index (χ4n) is 2.84. The number of rotatable bonds is 4. The fraction of sp³-hybridized carbons (Fsp3) is 0.368. The molecule has 0 aliphatic heterocycles. The molecule has 2 heteroatoms. The Kier molecular flexibility index (Phi) is 5.08. The van der Waals surface area contributed by atoms with Crippen LogP contribution in [0.15, 0.2) is 30.3 Å². The van der Waals surface area contributed by atoms with Crippen molar-refractivity contribution >= 4 is 11.6 Å². The molecule has 1 atom stereocenters. The van der Waals surface area contributed by atoms with Gasteiger partial charge >= 0.3 is 0 Å². The highest BCUT2D eigenvalue weighted by Crippen LogP contribution is 2.29. The molecule has 0 saturated carbocycles. The molecule has 1 nitrogen and oxygen atoms in total. The van der Waals surface area contributed by atoms with Crippen molar-refractivity contribution in [3.8, 4) is 0 Å². The van der Waals surface area contributed by atoms with Crippen LogP contribution in [-0.4, -0.2) is 6.54 Å². The molecule has 0 spiro atoms. The first kappa shape index (κ1) is 16.1. The maximum atomic E-state index is 6.25. The van der Waals surface area contributed by atoms with Crippen molar-refractivity contribution in [2.24, 2.45) is 0 Å². The first-order valence-electron chi connectivity index (χ1n) is 7.50. The van der Waals surface area contributed by atoms with Gasteiger partial charge in [-0.25, -0.2) is 0 Å². The first-order valence-corrected chi connectivity index (χ1v) is 7.88. The summed E-state index contributed by atoms with van der Waals surface area (Å²) in [7, 11) is 0. The third kappa shape index (κ3) is 3.66. The lowest BCUT2D eigenvalue weighted by Crippen LogP contribution is -2.23. The summed E-state index contributed by atoms with van der Waals surface area (Å²) < 4.78 is 0. The van der Waals surface area contributed by atoms with Crippen LogP contribution in [0, 0.1) is 27.7 Å². The van der Waals surface area contributed by atoms with Crippen molar-refractivity contribution in [3.05, 3.63) is 68.7 Å². The Hall–Kier alpha value is -1.31. The quantitative estimate of drug-likeness (QED) is 0.811. The summed E-state index contributed by atoms with van der Waals surface area (Å²) in [6, 6.07) is 11.0. The summed E-state index contributed by atoms with van der Waals surface area (Å²) in [6.45, 7) is 11.7. The van der Waals surface area contributed by atoms with E-state index in [1.54, 1.807) is 0 Å². The second kappa shape index (κ2) is 6.64. The third-order valence-corrected chi connectivity index (χ3v) is 4.22. The molecule has 0 radical (unpaired) electrons. The molecule has 21 heavy (non-hydrogen) atoms. The van der Waals surface area contributed by atoms with Crippen LogP contribution < -0.4 is 5.32 Å². The highest BCUT2D eigenvalue weighted by Gasteiger charge is 2.17. The Morgan fingerprint density at radius 3 is 2.19 bits per heavy atom. The zero-order valence-electron chi connectivity index (χ0n) is 13.5. The SMILES string of the molecule is CCNC(c1cc(C)cc(Cl)c1)c1cc(C)c(C)cc1C. The number of benzene rings is 2. The number of hydrogen-bond donors (Lipinski definition) is 1. The minimum atomic E-state index is 0.187. The van der Waals surface area contributed by atoms with Crippen LogP contribution in [0.5, 0.6) is 0 Å². The molecule has 2 aromatic rings. The van der Waals surface area contributed by atoms with Gasteiger partial charge in [-0.3, -0.25) is 0 Å². The summed E-state index contributed by atoms with van der Waals surface area (Å²) >= 11 is 6.25. The largest absolute Gasteiger partial charge is 0.307 e. The third-order valence-electron chi connectivity index (χ3n) is 4.00. The van der Waals surface area contributed by atoms with Gasteiger partial charge in [0.2, 0.25) is 0 Å². The van der Waals surface area contributed by atoms with Crippen molar-refractivity contribution in [2.45, 2.75) is 40.7 Å². The topological polar surface area (TPSA) is 12.0 Å². The molecule has 0 fully saturated rings. The maximum Gasteiger partial charge on any atom is 0.0579 e. The molecular formula is C19H24ClN. The number of hydrogen-bond acceptors (Lipinski definition) is 1. The molecule has 0 aromatic heterocycles. The van der Waals surface area contributed by atoms with E-state index in [4.69, 9.17) is 11.6 Å². The second-order valence-electron chi connectivity index (χ2n) is 5.85. The molecule has 0 amide bonds. The van der Waals surface area contributed by atoms with Crippen LogP contribution in [-0.2, 0) is 0 Å². The van der Waals surface area contributed by atoms with Crippen molar-refractivity contribution in [1.29, 1.82) is 0 Å². The van der Waals surface area contributed by atoms with Crippen molar-refractivity contribution in [2.75, 3.05) is 6.54 Å². The lowest BCUT2D eigenvalue weighted by molar-refractivity contribution is 0.627. The van der Waals surface area contributed by atoms with Gasteiger partial charge in [0.05, 0.1) is 6.04 Å². The molecule has 1 N–H and O–H groups in total. The predicted octanol–water partition coefficient (Wildman–Crippen LogP) is 5.27. The molecule has 0 aliphatic rings. The van der Waals surface area contributed by atoms with E-state index in [2.05, 4.69) is 64.2 Å². The van der Waals surface area contributed by atoms with Crippen LogP contribution in [0.3, 0.4) is 0 Å². The summed E-state index contributed by atoms with van der Waals surface area (Å²) in [5.41, 5.74) is 7.75. The van der Waals surface area contributed by atoms with Crippen LogP contribution >= 0.6 is 11.6 Å². The van der Waals surface area contributed by atoms with E-state index in [9.17, 15) is 0 Å². The Bertz CT molecular complexity index is 626. The average Bonchev–Trinajstić information content (AvgIpc) is 2.39. The van der Waals surface area contributed by atoms with Gasteiger partial charge in [-0.15, -0.1) is 0 Å². The molecule has 1 unspecified atom stereocenters. The standard InChI is InChI=1S/C19H24ClN/c1-6-21-19(16-7-12(2)8-17(20)11-16)18-10-14(4)13(3)9-15(18)5/h7-11,19,21H,6H2,1-5H3. The first-order chi connectivity index (χ1) is 9.92. The number of halogens is 1. The molecule has 0 heterocycles. The number of nitrogens with one attached hydrogen (secondary N) is 1. The Morgan fingerprint density at radius 1 is 0.905 bits per heavy atom. The van der Waals surface area contributed by atoms with Crippen LogP contribution in [0.2, 0.25) is 5.02 Å². The van der Waals surface area contributed by atoms with E-state index < -0.39 is 0 Å². The lowest BCUT2D eigenvalue weighted by atomic mass is 9.91. The minimum absolute atomic E-state index is 0.187. The summed E-state index contributed by atoms with van der Waals surface area (Å²) in [5, 5.41) is 4.40. The molecule has 0 bridgehead atoms. The highest BCUT2D eigenvalue weighted by atomic mass is 35.5. The van der Waals surface area contributed by atoms with Gasteiger partial charge in [0.1, 0.15) is 0 Å². The maximum absolute atomic E-state index is 6.25. The van der Waals surface area contributed by atoms with Crippen LogP contribution in [0.1, 0.15) is 46.3 Å². The average molecular weight is 302 g/mol. The number of aryl methyl sites for hydroxylation is 4. The smallest absolute Gasteiger partial charge is 0.0579 e. The zero-order chi connectivity index (χ0) is 15.6. The summed E-state index contributed by atoms with van der Waals surface area (Å²) in [6.07, 6.45) is 0. The van der Waals surface area contributed by atoms with Crippen LogP contribution in [0.25, 0.3) is 0 Å². The van der Waals surface area contributed by atoms with E-state index in [1.807, 2.05) is 6.07 Å². The van der Waals surface area contributed by atoms with Gasteiger partial charge in [-0.1, -0.05) is 36.7 Å². The molecule has 0 aliphatic carbocycles. The van der Waals surface area contributed by atoms with Crippen molar-refractivity contribution < 1.29 is 0 Å². The molecule has 112 valence electrons. The Morgan fingerprint density at radius 2 is 1.57 bits per heavy atom. The van der Waals surface area contributed by atoms with Gasteiger partial charge < -0.3 is 5.32 Å². The summed E-state index contributed by atoms with van der Waals surface area (Å²) in [5.74, 6) is 0. The van der Waals surface area contributed by atoms with E-state index in [0.29, 0.717) is 0 Å². The van der Waals surface area contributed by atoms with Crippen LogP contribution in [0.4, 0.5) is 0 Å². The van der Waals surface area contributed by atoms with Gasteiger partial charge in [0, 0.05) is 5.02 Å². The van der Waals surface area contributed by atoms with Gasteiger partial charge in [0.25, 0.3) is 0 Å². The van der Waals surface area contributed by atoms with E-state index in [1.165, 1.54) is 33.4 Å². The second-order valence-corrected chi connectivity index (χ2v) is 6.28. The van der Waals surface area contributed by atoms with E-state index in [-0.39, 0.29) is 6.04 Å². The monoisotopic (exact) mass is 301 g/mol. The predicted molar refractivity (Wildman–Crippen MR) is 92.4 cm³/mol. The van der Waals surface area contributed by atoms with Gasteiger partial charge in [-0.05, 0) is 79.8 Å². The van der Waals surface area contributed by atoms with E-state index in [0.717, 1.165) is 11.6 Å². The molecule has 2 aromatic carbocycles. The molecule has 2 rings (SSSR count). The Labute approximate surface area is 133 Å². The highest BCUT2D eigenvalue weighted by molar-refractivity contribution is 6.30.